The summed E-state index contributed by atoms with van der Waals surface area (Å²) in [6.07, 6.45) is 0.489. The minimum absolute atomic E-state index is 0.0662. The Hall–Kier alpha value is -1.34. The van der Waals surface area contributed by atoms with E-state index in [9.17, 15) is 4.79 Å². The van der Waals surface area contributed by atoms with Crippen LogP contribution in [0.5, 0.6) is 0 Å². The molecule has 0 radical (unpaired) electrons. The summed E-state index contributed by atoms with van der Waals surface area (Å²) in [4.78, 5) is 13.7. The van der Waals surface area contributed by atoms with Crippen molar-refractivity contribution in [1.82, 2.24) is 10.2 Å². The van der Waals surface area contributed by atoms with E-state index in [1.165, 1.54) is 0 Å². The largest absolute Gasteiger partial charge is 0.409 e. The van der Waals surface area contributed by atoms with Gasteiger partial charge in [0.2, 0.25) is 5.91 Å². The fraction of sp³-hybridized carbons (Fsp3) is 0.818. The number of amidine groups is 1. The average molecular weight is 260 g/mol. The third kappa shape index (κ3) is 7.08. The summed E-state index contributed by atoms with van der Waals surface area (Å²) in [6, 6.07) is 0. The van der Waals surface area contributed by atoms with Crippen molar-refractivity contribution >= 4 is 11.7 Å². The zero-order valence-corrected chi connectivity index (χ0v) is 11.3. The summed E-state index contributed by atoms with van der Waals surface area (Å²) in [7, 11) is 3.93. The second-order valence-electron chi connectivity index (χ2n) is 4.19. The molecule has 106 valence electrons. The van der Waals surface area contributed by atoms with Crippen molar-refractivity contribution in [1.29, 1.82) is 0 Å². The number of nitrogens with zero attached hydrogens (tertiary/aromatic N) is 2. The Bertz CT molecular complexity index is 269. The van der Waals surface area contributed by atoms with Crippen molar-refractivity contribution < 1.29 is 14.7 Å². The maximum Gasteiger partial charge on any atom is 0.230 e. The molecule has 0 aromatic carbocycles. The second kappa shape index (κ2) is 9.67. The molecular weight excluding hydrogens is 236 g/mol. The van der Waals surface area contributed by atoms with Crippen LogP contribution in [-0.4, -0.2) is 62.2 Å². The number of amides is 1. The lowest BCUT2D eigenvalue weighted by Crippen LogP contribution is -2.40. The molecule has 4 N–H and O–H groups in total. The molecule has 0 saturated heterocycles. The molecule has 0 aliphatic heterocycles. The fourth-order valence-electron chi connectivity index (χ4n) is 1.32. The van der Waals surface area contributed by atoms with Gasteiger partial charge >= 0.3 is 0 Å². The average Bonchev–Trinajstić information content (AvgIpc) is 2.33. The molecule has 0 fully saturated rings. The van der Waals surface area contributed by atoms with Crippen LogP contribution in [0.3, 0.4) is 0 Å². The van der Waals surface area contributed by atoms with Crippen LogP contribution in [0.25, 0.3) is 0 Å². The van der Waals surface area contributed by atoms with E-state index in [1.54, 1.807) is 6.92 Å². The van der Waals surface area contributed by atoms with Gasteiger partial charge in [0.25, 0.3) is 0 Å². The van der Waals surface area contributed by atoms with Crippen LogP contribution >= 0.6 is 0 Å². The third-order valence-corrected chi connectivity index (χ3v) is 2.43. The van der Waals surface area contributed by atoms with E-state index >= 15 is 0 Å². The number of carbonyl (C=O) groups excluding carboxylic acids is 1. The van der Waals surface area contributed by atoms with Crippen molar-refractivity contribution in [2.24, 2.45) is 16.8 Å². The zero-order valence-electron chi connectivity index (χ0n) is 11.3. The van der Waals surface area contributed by atoms with E-state index in [-0.39, 0.29) is 11.7 Å². The van der Waals surface area contributed by atoms with Gasteiger partial charge in [0.15, 0.2) is 5.84 Å². The van der Waals surface area contributed by atoms with Gasteiger partial charge in [-0.05, 0) is 20.5 Å². The van der Waals surface area contributed by atoms with Gasteiger partial charge in [0.05, 0.1) is 19.1 Å². The van der Waals surface area contributed by atoms with Gasteiger partial charge in [-0.15, -0.1) is 0 Å². The predicted molar refractivity (Wildman–Crippen MR) is 69.6 cm³/mol. The molecule has 0 heterocycles. The Morgan fingerprint density at radius 1 is 1.50 bits per heavy atom. The van der Waals surface area contributed by atoms with Crippen molar-refractivity contribution in [3.05, 3.63) is 0 Å². The van der Waals surface area contributed by atoms with Gasteiger partial charge in [-0.3, -0.25) is 4.79 Å². The van der Waals surface area contributed by atoms with Crippen molar-refractivity contribution in [3.8, 4) is 0 Å². The van der Waals surface area contributed by atoms with Gasteiger partial charge < -0.3 is 25.9 Å². The van der Waals surface area contributed by atoms with Gasteiger partial charge in [-0.2, -0.15) is 0 Å². The summed E-state index contributed by atoms with van der Waals surface area (Å²) in [5.74, 6) is -0.899. The molecule has 18 heavy (non-hydrogen) atoms. The molecule has 0 aliphatic rings. The highest BCUT2D eigenvalue weighted by atomic mass is 16.5. The van der Waals surface area contributed by atoms with Crippen LogP contribution in [0.4, 0.5) is 0 Å². The Kier molecular flexibility index (Phi) is 8.95. The molecule has 0 aliphatic carbocycles. The van der Waals surface area contributed by atoms with E-state index in [0.29, 0.717) is 26.2 Å². The lowest BCUT2D eigenvalue weighted by atomic mass is 10.1. The van der Waals surface area contributed by atoms with E-state index in [1.807, 2.05) is 19.0 Å². The molecular formula is C11H24N4O3. The number of likely N-dealkylation sites (N-methyl/N-ethyl adjacent to an activating group) is 1. The van der Waals surface area contributed by atoms with Gasteiger partial charge in [0, 0.05) is 13.1 Å². The molecule has 0 bridgehead atoms. The van der Waals surface area contributed by atoms with Crippen LogP contribution in [-0.2, 0) is 9.53 Å². The van der Waals surface area contributed by atoms with Crippen LogP contribution in [0.2, 0.25) is 0 Å². The molecule has 0 aromatic heterocycles. The van der Waals surface area contributed by atoms with Crippen molar-refractivity contribution in [2.75, 3.05) is 40.4 Å². The lowest BCUT2D eigenvalue weighted by Gasteiger charge is -2.14. The minimum Gasteiger partial charge on any atom is -0.409 e. The van der Waals surface area contributed by atoms with Gasteiger partial charge in [0.1, 0.15) is 0 Å². The molecule has 1 amide bonds. The molecule has 0 aromatic rings. The lowest BCUT2D eigenvalue weighted by molar-refractivity contribution is -0.123. The second-order valence-corrected chi connectivity index (χ2v) is 4.19. The molecule has 0 spiro atoms. The maximum absolute atomic E-state index is 11.7. The van der Waals surface area contributed by atoms with Crippen LogP contribution < -0.4 is 11.1 Å². The van der Waals surface area contributed by atoms with Gasteiger partial charge in [-0.25, -0.2) is 0 Å². The Morgan fingerprint density at radius 3 is 2.67 bits per heavy atom. The van der Waals surface area contributed by atoms with Crippen molar-refractivity contribution in [2.45, 2.75) is 13.3 Å². The first-order chi connectivity index (χ1) is 8.52. The van der Waals surface area contributed by atoms with Crippen LogP contribution in [0.1, 0.15) is 13.3 Å². The first-order valence-electron chi connectivity index (χ1n) is 6.00. The summed E-state index contributed by atoms with van der Waals surface area (Å²) in [6.45, 7) is 4.14. The van der Waals surface area contributed by atoms with E-state index in [4.69, 9.17) is 15.7 Å². The monoisotopic (exact) mass is 260 g/mol. The standard InChI is InChI=1S/C11H24N4O3/c1-4-9(10(12)14-17)11(16)13-5-7-18-8-6-15(2)3/h9,17H,4-8H2,1-3H3,(H2,12,14)(H,13,16). The predicted octanol–water partition coefficient (Wildman–Crippen LogP) is -0.547. The van der Waals surface area contributed by atoms with Gasteiger partial charge in [-0.1, -0.05) is 12.1 Å². The Labute approximate surface area is 108 Å². The number of carbonyl (C=O) groups is 1. The SMILES string of the molecule is CCC(C(=O)NCCOCCN(C)C)C(N)=NO. The summed E-state index contributed by atoms with van der Waals surface area (Å²) < 4.78 is 5.33. The summed E-state index contributed by atoms with van der Waals surface area (Å²) in [5.41, 5.74) is 5.42. The number of hydrogen-bond acceptors (Lipinski definition) is 5. The molecule has 0 rings (SSSR count). The number of hydrogen-bond donors (Lipinski definition) is 3. The Balaban J connectivity index is 3.76. The first-order valence-corrected chi connectivity index (χ1v) is 6.00. The number of nitrogens with one attached hydrogen (secondary N) is 1. The summed E-state index contributed by atoms with van der Waals surface area (Å²) >= 11 is 0. The molecule has 0 saturated carbocycles. The molecule has 7 heteroatoms. The maximum atomic E-state index is 11.7. The van der Waals surface area contributed by atoms with E-state index in [2.05, 4.69) is 10.5 Å². The first kappa shape index (κ1) is 16.7. The zero-order chi connectivity index (χ0) is 14.0. The van der Waals surface area contributed by atoms with Crippen molar-refractivity contribution in [3.63, 3.8) is 0 Å². The molecule has 1 unspecified atom stereocenters. The number of nitrogens with two attached hydrogens (primary N) is 1. The van der Waals surface area contributed by atoms with E-state index < -0.39 is 5.92 Å². The van der Waals surface area contributed by atoms with E-state index in [0.717, 1.165) is 6.54 Å². The highest BCUT2D eigenvalue weighted by molar-refractivity contribution is 6.01. The number of ether oxygens (including phenoxy) is 1. The quantitative estimate of drug-likeness (QED) is 0.170. The molecule has 7 nitrogen and oxygen atoms in total. The third-order valence-electron chi connectivity index (χ3n) is 2.43. The highest BCUT2D eigenvalue weighted by Crippen LogP contribution is 2.02. The van der Waals surface area contributed by atoms with Crippen LogP contribution in [0.15, 0.2) is 5.16 Å². The normalized spacial score (nSPS) is 13.7. The Morgan fingerprint density at radius 2 is 2.17 bits per heavy atom. The minimum atomic E-state index is -0.586. The number of rotatable bonds is 9. The topological polar surface area (TPSA) is 100 Å². The van der Waals surface area contributed by atoms with Crippen LogP contribution in [0, 0.1) is 5.92 Å². The highest BCUT2D eigenvalue weighted by Gasteiger charge is 2.20. The molecule has 1 atom stereocenters. The smallest absolute Gasteiger partial charge is 0.230 e. The summed E-state index contributed by atoms with van der Waals surface area (Å²) in [5, 5.41) is 14.1. The fourth-order valence-corrected chi connectivity index (χ4v) is 1.32. The number of oxime groups is 1.